The second-order valence-corrected chi connectivity index (χ2v) is 4.56. The molecule has 0 bridgehead atoms. The zero-order chi connectivity index (χ0) is 12.4. The maximum absolute atomic E-state index is 5.63. The maximum atomic E-state index is 5.63. The highest BCUT2D eigenvalue weighted by atomic mass is 32.1. The van der Waals surface area contributed by atoms with Crippen LogP contribution in [0.2, 0.25) is 0 Å². The smallest absolute Gasteiger partial charge is 0.212 e. The highest BCUT2D eigenvalue weighted by Crippen LogP contribution is 2.23. The second kappa shape index (κ2) is 4.67. The van der Waals surface area contributed by atoms with Crippen LogP contribution in [0.1, 0.15) is 5.69 Å². The van der Waals surface area contributed by atoms with Crippen LogP contribution in [0.25, 0.3) is 16.4 Å². The van der Waals surface area contributed by atoms with Gasteiger partial charge in [0.15, 0.2) is 0 Å². The Kier molecular flexibility index (Phi) is 2.87. The van der Waals surface area contributed by atoms with Gasteiger partial charge in [-0.15, -0.1) is 16.4 Å². The lowest BCUT2D eigenvalue weighted by Crippen LogP contribution is -2.06. The van der Waals surface area contributed by atoms with Gasteiger partial charge in [-0.1, -0.05) is 35.5 Å². The first-order valence-corrected chi connectivity index (χ1v) is 6.37. The van der Waals surface area contributed by atoms with E-state index >= 15 is 0 Å². The van der Waals surface area contributed by atoms with Crippen molar-refractivity contribution in [2.45, 2.75) is 6.54 Å². The van der Waals surface area contributed by atoms with Gasteiger partial charge in [-0.05, 0) is 0 Å². The summed E-state index contributed by atoms with van der Waals surface area (Å²) in [7, 11) is 0. The van der Waals surface area contributed by atoms with E-state index in [-0.39, 0.29) is 0 Å². The fourth-order valence-electron chi connectivity index (χ4n) is 1.66. The van der Waals surface area contributed by atoms with Gasteiger partial charge >= 0.3 is 0 Å². The Hall–Kier alpha value is -2.05. The Morgan fingerprint density at radius 3 is 2.83 bits per heavy atom. The standard InChI is InChI=1S/C12H11N5S/c13-6-10-7-14-16-17(10)12-15-11(8-18-12)9-4-2-1-3-5-9/h1-5,7-8H,6,13H2. The van der Waals surface area contributed by atoms with Gasteiger partial charge in [-0.3, -0.25) is 0 Å². The van der Waals surface area contributed by atoms with Gasteiger partial charge in [-0.25, -0.2) is 4.98 Å². The molecule has 3 aromatic rings. The lowest BCUT2D eigenvalue weighted by Gasteiger charge is -1.98. The van der Waals surface area contributed by atoms with Gasteiger partial charge in [0.25, 0.3) is 0 Å². The third-order valence-corrected chi connectivity index (χ3v) is 3.39. The number of benzene rings is 1. The molecule has 90 valence electrons. The van der Waals surface area contributed by atoms with Crippen LogP contribution in [-0.2, 0) is 6.54 Å². The van der Waals surface area contributed by atoms with Gasteiger partial charge in [-0.2, -0.15) is 4.68 Å². The molecule has 0 saturated heterocycles. The lowest BCUT2D eigenvalue weighted by atomic mass is 10.2. The van der Waals surface area contributed by atoms with Crippen molar-refractivity contribution >= 4 is 11.3 Å². The number of nitrogens with two attached hydrogens (primary N) is 1. The van der Waals surface area contributed by atoms with Crippen molar-refractivity contribution < 1.29 is 0 Å². The van der Waals surface area contributed by atoms with Crippen molar-refractivity contribution in [3.63, 3.8) is 0 Å². The van der Waals surface area contributed by atoms with Gasteiger partial charge in [0, 0.05) is 17.5 Å². The second-order valence-electron chi connectivity index (χ2n) is 3.72. The summed E-state index contributed by atoms with van der Waals surface area (Å²) in [5.74, 6) is 0. The lowest BCUT2D eigenvalue weighted by molar-refractivity contribution is 0.757. The number of hydrogen-bond donors (Lipinski definition) is 1. The molecule has 2 aromatic heterocycles. The van der Waals surface area contributed by atoms with Gasteiger partial charge in [0.05, 0.1) is 17.6 Å². The van der Waals surface area contributed by atoms with E-state index in [1.807, 2.05) is 35.7 Å². The first kappa shape index (κ1) is 11.1. The van der Waals surface area contributed by atoms with Crippen molar-refractivity contribution in [2.75, 3.05) is 0 Å². The average molecular weight is 257 g/mol. The molecule has 0 unspecified atom stereocenters. The van der Waals surface area contributed by atoms with Crippen LogP contribution in [0.4, 0.5) is 0 Å². The fourth-order valence-corrected chi connectivity index (χ4v) is 2.47. The molecular weight excluding hydrogens is 246 g/mol. The fraction of sp³-hybridized carbons (Fsp3) is 0.0833. The Morgan fingerprint density at radius 2 is 2.06 bits per heavy atom. The zero-order valence-corrected chi connectivity index (χ0v) is 10.3. The number of nitrogens with zero attached hydrogens (tertiary/aromatic N) is 4. The van der Waals surface area contributed by atoms with Crippen molar-refractivity contribution in [3.8, 4) is 16.4 Å². The molecule has 0 aliphatic heterocycles. The third-order valence-electron chi connectivity index (χ3n) is 2.57. The third kappa shape index (κ3) is 1.92. The average Bonchev–Trinajstić information content (AvgIpc) is 3.08. The Bertz CT molecular complexity index is 643. The normalized spacial score (nSPS) is 10.7. The summed E-state index contributed by atoms with van der Waals surface area (Å²) in [5, 5.41) is 10.6. The molecule has 0 amide bonds. The van der Waals surface area contributed by atoms with Crippen molar-refractivity contribution in [1.82, 2.24) is 20.0 Å². The summed E-state index contributed by atoms with van der Waals surface area (Å²) in [4.78, 5) is 4.56. The SMILES string of the molecule is NCc1cnnn1-c1nc(-c2ccccc2)cs1. The van der Waals surface area contributed by atoms with E-state index in [2.05, 4.69) is 15.3 Å². The van der Waals surface area contributed by atoms with Crippen LogP contribution in [0.5, 0.6) is 0 Å². The van der Waals surface area contributed by atoms with E-state index in [0.29, 0.717) is 6.54 Å². The highest BCUT2D eigenvalue weighted by Gasteiger charge is 2.10. The van der Waals surface area contributed by atoms with Gasteiger partial charge in [0.1, 0.15) is 0 Å². The summed E-state index contributed by atoms with van der Waals surface area (Å²) in [5.41, 5.74) is 8.51. The highest BCUT2D eigenvalue weighted by molar-refractivity contribution is 7.12. The van der Waals surface area contributed by atoms with E-state index in [9.17, 15) is 0 Å². The number of thiazole rings is 1. The van der Waals surface area contributed by atoms with Crippen molar-refractivity contribution in [1.29, 1.82) is 0 Å². The van der Waals surface area contributed by atoms with E-state index in [0.717, 1.165) is 22.1 Å². The minimum absolute atomic E-state index is 0.396. The van der Waals surface area contributed by atoms with Crippen LogP contribution < -0.4 is 5.73 Å². The molecule has 0 aliphatic rings. The summed E-state index contributed by atoms with van der Waals surface area (Å²) in [6.45, 7) is 0.396. The molecule has 0 spiro atoms. The molecule has 0 radical (unpaired) electrons. The molecule has 6 heteroatoms. The van der Waals surface area contributed by atoms with E-state index in [1.165, 1.54) is 11.3 Å². The largest absolute Gasteiger partial charge is 0.325 e. The molecule has 5 nitrogen and oxygen atoms in total. The quantitative estimate of drug-likeness (QED) is 0.777. The summed E-state index contributed by atoms with van der Waals surface area (Å²) >= 11 is 1.53. The molecule has 2 heterocycles. The maximum Gasteiger partial charge on any atom is 0.212 e. The predicted octanol–water partition coefficient (Wildman–Crippen LogP) is 1.85. The Balaban J connectivity index is 2.00. The molecule has 2 N–H and O–H groups in total. The van der Waals surface area contributed by atoms with Crippen LogP contribution in [0, 0.1) is 0 Å². The topological polar surface area (TPSA) is 69.6 Å². The molecule has 1 aromatic carbocycles. The first-order valence-electron chi connectivity index (χ1n) is 5.49. The molecule has 0 aliphatic carbocycles. The summed E-state index contributed by atoms with van der Waals surface area (Å²) < 4.78 is 1.68. The van der Waals surface area contributed by atoms with Crippen LogP contribution in [0.3, 0.4) is 0 Å². The summed E-state index contributed by atoms with van der Waals surface area (Å²) in [6, 6.07) is 10.0. The zero-order valence-electron chi connectivity index (χ0n) is 9.52. The van der Waals surface area contributed by atoms with E-state index in [1.54, 1.807) is 10.9 Å². The summed E-state index contributed by atoms with van der Waals surface area (Å²) in [6.07, 6.45) is 1.66. The Labute approximate surface area is 108 Å². The van der Waals surface area contributed by atoms with Crippen LogP contribution in [0.15, 0.2) is 41.9 Å². The van der Waals surface area contributed by atoms with Crippen molar-refractivity contribution in [3.05, 3.63) is 47.6 Å². The minimum Gasteiger partial charge on any atom is -0.325 e. The number of hydrogen-bond acceptors (Lipinski definition) is 5. The number of aromatic nitrogens is 4. The van der Waals surface area contributed by atoms with Gasteiger partial charge < -0.3 is 5.73 Å². The monoisotopic (exact) mass is 257 g/mol. The predicted molar refractivity (Wildman–Crippen MR) is 70.4 cm³/mol. The first-order chi connectivity index (χ1) is 8.88. The van der Waals surface area contributed by atoms with Gasteiger partial charge in [0.2, 0.25) is 5.13 Å². The van der Waals surface area contributed by atoms with Crippen molar-refractivity contribution in [2.24, 2.45) is 5.73 Å². The van der Waals surface area contributed by atoms with Crippen LogP contribution in [-0.4, -0.2) is 20.0 Å². The van der Waals surface area contributed by atoms with Crippen LogP contribution >= 0.6 is 11.3 Å². The minimum atomic E-state index is 0.396. The molecule has 0 atom stereocenters. The molecule has 18 heavy (non-hydrogen) atoms. The van der Waals surface area contributed by atoms with E-state index < -0.39 is 0 Å². The molecule has 3 rings (SSSR count). The number of rotatable bonds is 3. The van der Waals surface area contributed by atoms with E-state index in [4.69, 9.17) is 5.73 Å². The molecule has 0 saturated carbocycles. The molecule has 0 fully saturated rings. The molecular formula is C12H11N5S. The Morgan fingerprint density at radius 1 is 1.22 bits per heavy atom.